The summed E-state index contributed by atoms with van der Waals surface area (Å²) in [6.07, 6.45) is 3.73. The largest absolute Gasteiger partial charge is 0.497 e. The lowest BCUT2D eigenvalue weighted by molar-refractivity contribution is 0.405. The van der Waals surface area contributed by atoms with Gasteiger partial charge in [0.25, 0.3) is 0 Å². The van der Waals surface area contributed by atoms with E-state index in [1.54, 1.807) is 31.8 Å². The average molecular weight is 399 g/mol. The van der Waals surface area contributed by atoms with Gasteiger partial charge in [-0.3, -0.25) is 0 Å². The highest BCUT2D eigenvalue weighted by atomic mass is 32.1. The van der Waals surface area contributed by atoms with Gasteiger partial charge in [-0.25, -0.2) is 15.0 Å². The Morgan fingerprint density at radius 2 is 1.93 bits per heavy atom. The summed E-state index contributed by atoms with van der Waals surface area (Å²) in [5, 5.41) is 4.38. The van der Waals surface area contributed by atoms with Crippen LogP contribution in [0.4, 0.5) is 11.6 Å². The van der Waals surface area contributed by atoms with Crippen LogP contribution in [0, 0.1) is 0 Å². The minimum atomic E-state index is 0.386. The van der Waals surface area contributed by atoms with E-state index >= 15 is 0 Å². The van der Waals surface area contributed by atoms with Gasteiger partial charge < -0.3 is 14.8 Å². The molecule has 2 aromatic heterocycles. The molecule has 0 aliphatic rings. The Hall–Kier alpha value is -2.67. The number of nitrogens with zero attached hydrogens (tertiary/aromatic N) is 3. The van der Waals surface area contributed by atoms with Crippen LogP contribution < -0.4 is 14.8 Å². The molecule has 0 saturated heterocycles. The van der Waals surface area contributed by atoms with Gasteiger partial charge in [0.05, 0.1) is 41.2 Å². The summed E-state index contributed by atoms with van der Waals surface area (Å²) in [5.74, 6) is 2.32. The third-order valence-electron chi connectivity index (χ3n) is 4.62. The molecule has 1 aromatic carbocycles. The molecule has 0 saturated carbocycles. The Morgan fingerprint density at radius 1 is 1.11 bits per heavy atom. The molecule has 148 valence electrons. The third kappa shape index (κ3) is 4.25. The Kier molecular flexibility index (Phi) is 6.46. The Bertz CT molecular complexity index is 942. The first-order chi connectivity index (χ1) is 13.6. The maximum atomic E-state index is 5.43. The molecule has 1 unspecified atom stereocenters. The molecule has 7 heteroatoms. The summed E-state index contributed by atoms with van der Waals surface area (Å²) >= 11 is 1.71. The number of rotatable bonds is 8. The molecule has 0 amide bonds. The van der Waals surface area contributed by atoms with E-state index in [0.29, 0.717) is 17.6 Å². The number of anilines is 2. The number of aromatic nitrogens is 3. The summed E-state index contributed by atoms with van der Waals surface area (Å²) in [6, 6.07) is 7.50. The highest BCUT2D eigenvalue weighted by Gasteiger charge is 2.18. The van der Waals surface area contributed by atoms with Crippen molar-refractivity contribution in [1.29, 1.82) is 0 Å². The number of nitrogens with one attached hydrogen (secondary N) is 1. The van der Waals surface area contributed by atoms with Gasteiger partial charge in [0, 0.05) is 12.3 Å². The number of thiazole rings is 1. The van der Waals surface area contributed by atoms with Crippen molar-refractivity contribution in [2.45, 2.75) is 39.5 Å². The van der Waals surface area contributed by atoms with Crippen LogP contribution in [-0.4, -0.2) is 29.2 Å². The number of methoxy groups -OCH3 is 2. The standard InChI is InChI=1S/C21H26N4O2S/c1-6-13(3)19-20(28-18(7-2)25-19)15-10-11-22-21(23-15)24-16-12-14(26-4)8-9-17(16)27-5/h8-13H,6-7H2,1-5H3,(H,22,23,24). The predicted molar refractivity (Wildman–Crippen MR) is 114 cm³/mol. The summed E-state index contributed by atoms with van der Waals surface area (Å²) in [6.45, 7) is 6.52. The van der Waals surface area contributed by atoms with E-state index in [9.17, 15) is 0 Å². The van der Waals surface area contributed by atoms with E-state index in [2.05, 4.69) is 31.1 Å². The van der Waals surface area contributed by atoms with E-state index < -0.39 is 0 Å². The van der Waals surface area contributed by atoms with Gasteiger partial charge in [-0.05, 0) is 37.0 Å². The van der Waals surface area contributed by atoms with Crippen molar-refractivity contribution >= 4 is 23.0 Å². The minimum absolute atomic E-state index is 0.386. The number of aryl methyl sites for hydroxylation is 1. The second-order valence-electron chi connectivity index (χ2n) is 6.44. The summed E-state index contributed by atoms with van der Waals surface area (Å²) < 4.78 is 10.7. The van der Waals surface area contributed by atoms with Gasteiger partial charge in [-0.15, -0.1) is 11.3 Å². The summed E-state index contributed by atoms with van der Waals surface area (Å²) in [4.78, 5) is 15.1. The van der Waals surface area contributed by atoms with E-state index in [0.717, 1.165) is 45.6 Å². The van der Waals surface area contributed by atoms with Crippen LogP contribution in [0.3, 0.4) is 0 Å². The van der Waals surface area contributed by atoms with Crippen molar-refractivity contribution in [3.63, 3.8) is 0 Å². The van der Waals surface area contributed by atoms with Crippen LogP contribution in [0.5, 0.6) is 11.5 Å². The van der Waals surface area contributed by atoms with Gasteiger partial charge in [0.15, 0.2) is 0 Å². The molecular formula is C21H26N4O2S. The molecule has 3 aromatic rings. The normalized spacial score (nSPS) is 11.9. The highest BCUT2D eigenvalue weighted by molar-refractivity contribution is 7.15. The fourth-order valence-electron chi connectivity index (χ4n) is 2.82. The van der Waals surface area contributed by atoms with Crippen molar-refractivity contribution in [3.05, 3.63) is 41.2 Å². The quantitative estimate of drug-likeness (QED) is 0.545. The first-order valence-electron chi connectivity index (χ1n) is 9.41. The van der Waals surface area contributed by atoms with E-state index in [1.165, 1.54) is 0 Å². The van der Waals surface area contributed by atoms with Gasteiger partial charge in [-0.2, -0.15) is 0 Å². The lowest BCUT2D eigenvalue weighted by Crippen LogP contribution is -2.01. The lowest BCUT2D eigenvalue weighted by atomic mass is 10.0. The Labute approximate surface area is 170 Å². The summed E-state index contributed by atoms with van der Waals surface area (Å²) in [7, 11) is 3.26. The molecule has 3 rings (SSSR count). The zero-order valence-corrected chi connectivity index (χ0v) is 17.8. The van der Waals surface area contributed by atoms with Gasteiger partial charge in [0.1, 0.15) is 11.5 Å². The SMILES string of the molecule is CCc1nc(C(C)CC)c(-c2ccnc(Nc3cc(OC)ccc3OC)n2)s1. The van der Waals surface area contributed by atoms with Crippen molar-refractivity contribution in [2.75, 3.05) is 19.5 Å². The molecular weight excluding hydrogens is 372 g/mol. The molecule has 6 nitrogen and oxygen atoms in total. The fourth-order valence-corrected chi connectivity index (χ4v) is 3.91. The van der Waals surface area contributed by atoms with E-state index in [4.69, 9.17) is 19.4 Å². The molecule has 0 fully saturated rings. The Morgan fingerprint density at radius 3 is 2.61 bits per heavy atom. The molecule has 1 atom stereocenters. The monoisotopic (exact) mass is 398 g/mol. The predicted octanol–water partition coefficient (Wildman–Crippen LogP) is 5.44. The van der Waals surface area contributed by atoms with Crippen LogP contribution >= 0.6 is 11.3 Å². The average Bonchev–Trinajstić information content (AvgIpc) is 3.18. The van der Waals surface area contributed by atoms with Crippen molar-refractivity contribution in [3.8, 4) is 22.1 Å². The highest BCUT2D eigenvalue weighted by Crippen LogP contribution is 2.36. The lowest BCUT2D eigenvalue weighted by Gasteiger charge is -2.12. The van der Waals surface area contributed by atoms with Crippen molar-refractivity contribution in [1.82, 2.24) is 15.0 Å². The van der Waals surface area contributed by atoms with E-state index in [-0.39, 0.29) is 0 Å². The first-order valence-corrected chi connectivity index (χ1v) is 10.2. The molecule has 28 heavy (non-hydrogen) atoms. The number of benzene rings is 1. The number of hydrogen-bond acceptors (Lipinski definition) is 7. The van der Waals surface area contributed by atoms with Crippen LogP contribution in [0.2, 0.25) is 0 Å². The number of hydrogen-bond donors (Lipinski definition) is 1. The van der Waals surface area contributed by atoms with Gasteiger partial charge in [-0.1, -0.05) is 20.8 Å². The maximum Gasteiger partial charge on any atom is 0.227 e. The summed E-state index contributed by atoms with van der Waals surface area (Å²) in [5.41, 5.74) is 2.75. The first kappa shape index (κ1) is 20.1. The second-order valence-corrected chi connectivity index (χ2v) is 7.53. The molecule has 0 aliphatic heterocycles. The van der Waals surface area contributed by atoms with Crippen molar-refractivity contribution < 1.29 is 9.47 Å². The Balaban J connectivity index is 1.97. The molecule has 1 N–H and O–H groups in total. The third-order valence-corrected chi connectivity index (χ3v) is 5.86. The van der Waals surface area contributed by atoms with Gasteiger partial charge in [0.2, 0.25) is 5.95 Å². The topological polar surface area (TPSA) is 69.2 Å². The van der Waals surface area contributed by atoms with Gasteiger partial charge >= 0.3 is 0 Å². The second kappa shape index (κ2) is 9.01. The molecule has 0 spiro atoms. The minimum Gasteiger partial charge on any atom is -0.497 e. The molecule has 0 radical (unpaired) electrons. The zero-order chi connectivity index (χ0) is 20.1. The van der Waals surface area contributed by atoms with Crippen molar-refractivity contribution in [2.24, 2.45) is 0 Å². The molecule has 2 heterocycles. The fraction of sp³-hybridized carbons (Fsp3) is 0.381. The molecule has 0 bridgehead atoms. The number of ether oxygens (including phenoxy) is 2. The van der Waals surface area contributed by atoms with Crippen LogP contribution in [0.25, 0.3) is 10.6 Å². The molecule has 0 aliphatic carbocycles. The van der Waals surface area contributed by atoms with Crippen LogP contribution in [-0.2, 0) is 6.42 Å². The van der Waals surface area contributed by atoms with E-state index in [1.807, 2.05) is 24.3 Å². The van der Waals surface area contributed by atoms with Crippen LogP contribution in [0.1, 0.15) is 43.8 Å². The smallest absolute Gasteiger partial charge is 0.227 e. The maximum absolute atomic E-state index is 5.43. The van der Waals surface area contributed by atoms with Crippen LogP contribution in [0.15, 0.2) is 30.5 Å². The zero-order valence-electron chi connectivity index (χ0n) is 16.9.